The Kier molecular flexibility index (Phi) is 5.53. The van der Waals surface area contributed by atoms with Crippen molar-refractivity contribution in [3.05, 3.63) is 69.2 Å². The molecule has 0 unspecified atom stereocenters. The van der Waals surface area contributed by atoms with Gasteiger partial charge in [-0.15, -0.1) is 0 Å². The van der Waals surface area contributed by atoms with Crippen LogP contribution in [0.5, 0.6) is 0 Å². The van der Waals surface area contributed by atoms with Crippen molar-refractivity contribution in [2.45, 2.75) is 6.10 Å². The molecule has 9 nitrogen and oxygen atoms in total. The molecule has 168 valence electrons. The van der Waals surface area contributed by atoms with E-state index < -0.39 is 5.69 Å². The molecule has 1 fully saturated rings. The first-order valence-electron chi connectivity index (χ1n) is 10.1. The molecule has 4 aromatic rings. The number of nitrogen functional groups attached to an aromatic ring is 1. The van der Waals surface area contributed by atoms with Crippen LogP contribution >= 0.6 is 23.2 Å². The normalized spacial score (nSPS) is 13.8. The van der Waals surface area contributed by atoms with Gasteiger partial charge >= 0.3 is 5.69 Å². The molecule has 2 aromatic heterocycles. The summed E-state index contributed by atoms with van der Waals surface area (Å²) in [5.74, 6) is 0.387. The molecule has 0 aliphatic carbocycles. The Morgan fingerprint density at radius 2 is 1.79 bits per heavy atom. The number of nitrogens with zero attached hydrogens (tertiary/aromatic N) is 5. The van der Waals surface area contributed by atoms with E-state index in [1.807, 2.05) is 24.3 Å². The lowest BCUT2D eigenvalue weighted by atomic mass is 10.1. The van der Waals surface area contributed by atoms with Crippen LogP contribution in [0.15, 0.2) is 53.5 Å². The molecule has 5 rings (SSSR count). The number of nitrogens with two attached hydrogens (primary N) is 1. The maximum absolute atomic E-state index is 12.8. The maximum Gasteiger partial charge on any atom is 0.355 e. The molecule has 1 aliphatic rings. The summed E-state index contributed by atoms with van der Waals surface area (Å²) in [5.41, 5.74) is 7.96. The van der Waals surface area contributed by atoms with Gasteiger partial charge in [0, 0.05) is 37.8 Å². The van der Waals surface area contributed by atoms with E-state index in [4.69, 9.17) is 33.7 Å². The summed E-state index contributed by atoms with van der Waals surface area (Å²) in [6.45, 7) is 1.75. The first-order chi connectivity index (χ1) is 15.9. The van der Waals surface area contributed by atoms with Gasteiger partial charge in [-0.1, -0.05) is 29.3 Å². The Morgan fingerprint density at radius 3 is 2.45 bits per heavy atom. The average molecular weight is 484 g/mol. The van der Waals surface area contributed by atoms with Crippen LogP contribution in [0.4, 0.5) is 23.1 Å². The number of para-hydroxylation sites is 1. The quantitative estimate of drug-likeness (QED) is 0.442. The third kappa shape index (κ3) is 3.95. The molecule has 2 aromatic carbocycles. The molecule has 0 saturated carbocycles. The van der Waals surface area contributed by atoms with Crippen LogP contribution in [0.3, 0.4) is 0 Å². The van der Waals surface area contributed by atoms with E-state index in [1.165, 1.54) is 6.20 Å². The highest BCUT2D eigenvalue weighted by Crippen LogP contribution is 2.31. The van der Waals surface area contributed by atoms with Crippen LogP contribution < -0.4 is 21.6 Å². The molecule has 11 heteroatoms. The van der Waals surface area contributed by atoms with Crippen LogP contribution in [0.1, 0.15) is 0 Å². The molecular formula is C22H19Cl2N7O2. The Morgan fingerprint density at radius 1 is 1.09 bits per heavy atom. The van der Waals surface area contributed by atoms with Crippen LogP contribution in [-0.4, -0.2) is 45.8 Å². The number of aromatic nitrogens is 4. The zero-order valence-electron chi connectivity index (χ0n) is 17.5. The fourth-order valence-corrected chi connectivity index (χ4v) is 4.23. The van der Waals surface area contributed by atoms with Gasteiger partial charge in [0.05, 0.1) is 27.2 Å². The molecule has 33 heavy (non-hydrogen) atoms. The Bertz CT molecular complexity index is 1380. The molecule has 3 heterocycles. The molecule has 0 bridgehead atoms. The third-order valence-corrected chi connectivity index (χ3v) is 6.12. The van der Waals surface area contributed by atoms with Gasteiger partial charge in [0.25, 0.3) is 0 Å². The number of rotatable bonds is 5. The van der Waals surface area contributed by atoms with Gasteiger partial charge in [0.1, 0.15) is 5.82 Å². The van der Waals surface area contributed by atoms with E-state index in [1.54, 1.807) is 25.3 Å². The zero-order chi connectivity index (χ0) is 23.1. The minimum atomic E-state index is -0.645. The van der Waals surface area contributed by atoms with E-state index in [2.05, 4.69) is 25.2 Å². The number of methoxy groups -OCH3 is 1. The molecule has 0 spiro atoms. The summed E-state index contributed by atoms with van der Waals surface area (Å²) in [4.78, 5) is 27.8. The summed E-state index contributed by atoms with van der Waals surface area (Å²) < 4.78 is 6.47. The van der Waals surface area contributed by atoms with Crippen molar-refractivity contribution >= 4 is 57.4 Å². The minimum Gasteiger partial charge on any atom is -0.384 e. The molecule has 0 amide bonds. The van der Waals surface area contributed by atoms with E-state index in [-0.39, 0.29) is 33.3 Å². The van der Waals surface area contributed by atoms with Crippen molar-refractivity contribution in [2.24, 2.45) is 0 Å². The topological polar surface area (TPSA) is 111 Å². The van der Waals surface area contributed by atoms with Crippen molar-refractivity contribution < 1.29 is 4.74 Å². The SMILES string of the molecule is COC1CN(c2ccc(Nc3ncc4c(N)n(-c5c(Cl)cccc5Cl)c(=O)nc4n3)cc2)C1. The fraction of sp³-hybridized carbons (Fsp3) is 0.182. The Balaban J connectivity index is 1.43. The van der Waals surface area contributed by atoms with Crippen molar-refractivity contribution in [1.29, 1.82) is 0 Å². The average Bonchev–Trinajstić information content (AvgIpc) is 2.76. The van der Waals surface area contributed by atoms with Crippen LogP contribution in [-0.2, 0) is 4.74 Å². The standard InChI is InChI=1S/C22H19Cl2N7O2/c1-33-14-10-30(11-14)13-7-5-12(6-8-13)27-21-26-9-15-19(25)31(22(32)29-20(15)28-21)18-16(23)3-2-4-17(18)24/h2-9,14H,10-11,25H2,1H3,(H,27,28,29,32). The molecule has 0 radical (unpaired) electrons. The summed E-state index contributed by atoms with van der Waals surface area (Å²) in [6, 6.07) is 12.8. The Hall–Kier alpha value is -3.40. The first-order valence-corrected chi connectivity index (χ1v) is 10.8. The van der Waals surface area contributed by atoms with E-state index >= 15 is 0 Å². The highest BCUT2D eigenvalue weighted by Gasteiger charge is 2.26. The molecular weight excluding hydrogens is 465 g/mol. The van der Waals surface area contributed by atoms with Crippen molar-refractivity contribution in [2.75, 3.05) is 36.1 Å². The van der Waals surface area contributed by atoms with Crippen LogP contribution in [0.25, 0.3) is 16.7 Å². The lowest BCUT2D eigenvalue weighted by molar-refractivity contribution is 0.0788. The van der Waals surface area contributed by atoms with Gasteiger partial charge in [-0.2, -0.15) is 9.97 Å². The van der Waals surface area contributed by atoms with Gasteiger partial charge < -0.3 is 20.7 Å². The number of halogens is 2. The van der Waals surface area contributed by atoms with Crippen molar-refractivity contribution in [3.8, 4) is 5.69 Å². The van der Waals surface area contributed by atoms with Gasteiger partial charge in [0.2, 0.25) is 5.95 Å². The van der Waals surface area contributed by atoms with E-state index in [9.17, 15) is 4.79 Å². The van der Waals surface area contributed by atoms with Crippen LogP contribution in [0, 0.1) is 0 Å². The molecule has 3 N–H and O–H groups in total. The number of ether oxygens (including phenoxy) is 1. The third-order valence-electron chi connectivity index (χ3n) is 5.51. The van der Waals surface area contributed by atoms with Crippen molar-refractivity contribution in [3.63, 3.8) is 0 Å². The number of anilines is 4. The van der Waals surface area contributed by atoms with E-state index in [0.29, 0.717) is 11.3 Å². The summed E-state index contributed by atoms with van der Waals surface area (Å²) in [7, 11) is 1.72. The monoisotopic (exact) mass is 483 g/mol. The predicted molar refractivity (Wildman–Crippen MR) is 130 cm³/mol. The molecule has 0 atom stereocenters. The van der Waals surface area contributed by atoms with Gasteiger partial charge in [-0.05, 0) is 36.4 Å². The second-order valence-electron chi connectivity index (χ2n) is 7.55. The zero-order valence-corrected chi connectivity index (χ0v) is 19.0. The number of fused-ring (bicyclic) bond motifs is 1. The lowest BCUT2D eigenvalue weighted by Gasteiger charge is -2.40. The maximum atomic E-state index is 12.8. The van der Waals surface area contributed by atoms with Gasteiger partial charge in [0.15, 0.2) is 5.65 Å². The van der Waals surface area contributed by atoms with E-state index in [0.717, 1.165) is 29.0 Å². The Labute approximate surface area is 198 Å². The number of hydrogen-bond donors (Lipinski definition) is 2. The largest absolute Gasteiger partial charge is 0.384 e. The smallest absolute Gasteiger partial charge is 0.355 e. The lowest BCUT2D eigenvalue weighted by Crippen LogP contribution is -2.51. The predicted octanol–water partition coefficient (Wildman–Crippen LogP) is 3.64. The van der Waals surface area contributed by atoms with Crippen LogP contribution in [0.2, 0.25) is 10.0 Å². The van der Waals surface area contributed by atoms with Gasteiger partial charge in [-0.25, -0.2) is 14.3 Å². The molecule has 1 aliphatic heterocycles. The fourth-order valence-electron chi connectivity index (χ4n) is 3.66. The summed E-state index contributed by atoms with van der Waals surface area (Å²) in [5, 5.41) is 4.07. The van der Waals surface area contributed by atoms with Crippen molar-refractivity contribution in [1.82, 2.24) is 19.5 Å². The second kappa shape index (κ2) is 8.51. The molecule has 1 saturated heterocycles. The first kappa shape index (κ1) is 21.4. The second-order valence-corrected chi connectivity index (χ2v) is 8.37. The summed E-state index contributed by atoms with van der Waals surface area (Å²) in [6.07, 6.45) is 1.79. The minimum absolute atomic E-state index is 0.0971. The number of nitrogens with one attached hydrogen (secondary N) is 1. The highest BCUT2D eigenvalue weighted by atomic mass is 35.5. The summed E-state index contributed by atoms with van der Waals surface area (Å²) >= 11 is 12.5. The van der Waals surface area contributed by atoms with Gasteiger partial charge in [-0.3, -0.25) is 0 Å². The highest BCUT2D eigenvalue weighted by molar-refractivity contribution is 6.37. The number of benzene rings is 2. The number of hydrogen-bond acceptors (Lipinski definition) is 8.